The number of carbonyl (C=O) groups excluding carboxylic acids is 3. The van der Waals surface area contributed by atoms with Gasteiger partial charge in [-0.15, -0.1) is 0 Å². The predicted octanol–water partition coefficient (Wildman–Crippen LogP) is 0.923. The fourth-order valence-corrected chi connectivity index (χ4v) is 1.46. The molecule has 0 bridgehead atoms. The normalized spacial score (nSPS) is 10.1. The maximum Gasteiger partial charge on any atom is 0.330 e. The Bertz CT molecular complexity index is 594. The van der Waals surface area contributed by atoms with Gasteiger partial charge in [-0.2, -0.15) is 0 Å². The van der Waals surface area contributed by atoms with Crippen LogP contribution in [0.4, 0.5) is 0 Å². The third kappa shape index (κ3) is 5.66. The number of methoxy groups -OCH3 is 2. The number of benzene rings is 1. The Hall–Kier alpha value is -2.83. The van der Waals surface area contributed by atoms with E-state index in [-0.39, 0.29) is 18.2 Å². The average Bonchev–Trinajstić information content (AvgIpc) is 2.51. The molecule has 0 aromatic heterocycles. The molecule has 0 atom stereocenters. The van der Waals surface area contributed by atoms with Gasteiger partial charge in [0.2, 0.25) is 5.91 Å². The smallest absolute Gasteiger partial charge is 0.330 e. The van der Waals surface area contributed by atoms with Gasteiger partial charge in [0.25, 0.3) is 0 Å². The lowest BCUT2D eigenvalue weighted by atomic mass is 10.2. The van der Waals surface area contributed by atoms with Gasteiger partial charge in [0.1, 0.15) is 6.54 Å². The maximum absolute atomic E-state index is 11.6. The van der Waals surface area contributed by atoms with Crippen LogP contribution in [0.5, 0.6) is 11.5 Å². The van der Waals surface area contributed by atoms with E-state index in [1.807, 2.05) is 0 Å². The standard InChI is InChI=1S/C15H17NO6/c1-10(17)16-9-15(19)22-12-6-4-11(8-13(12)20-2)5-7-14(18)21-3/h4-8H,9H2,1-3H3,(H,16,17). The van der Waals surface area contributed by atoms with Gasteiger partial charge in [0.15, 0.2) is 11.5 Å². The Kier molecular flexibility index (Phi) is 6.62. The van der Waals surface area contributed by atoms with Crippen LogP contribution in [0.1, 0.15) is 12.5 Å². The van der Waals surface area contributed by atoms with E-state index in [2.05, 4.69) is 10.1 Å². The van der Waals surface area contributed by atoms with Crippen molar-refractivity contribution < 1.29 is 28.6 Å². The summed E-state index contributed by atoms with van der Waals surface area (Å²) in [5, 5.41) is 2.34. The molecule has 1 amide bonds. The molecule has 0 saturated heterocycles. The minimum absolute atomic E-state index is 0.216. The quantitative estimate of drug-likeness (QED) is 0.477. The summed E-state index contributed by atoms with van der Waals surface area (Å²) in [6.45, 7) is 1.07. The van der Waals surface area contributed by atoms with Crippen molar-refractivity contribution in [2.75, 3.05) is 20.8 Å². The van der Waals surface area contributed by atoms with Crippen LogP contribution in [0.25, 0.3) is 6.08 Å². The number of carbonyl (C=O) groups is 3. The Morgan fingerprint density at radius 3 is 2.50 bits per heavy atom. The van der Waals surface area contributed by atoms with Gasteiger partial charge < -0.3 is 19.5 Å². The number of esters is 2. The van der Waals surface area contributed by atoms with Crippen molar-refractivity contribution in [1.29, 1.82) is 0 Å². The first-order valence-corrected chi connectivity index (χ1v) is 6.35. The third-order valence-corrected chi connectivity index (χ3v) is 2.51. The minimum atomic E-state index is -0.619. The predicted molar refractivity (Wildman–Crippen MR) is 78.4 cm³/mol. The molecule has 1 rings (SSSR count). The highest BCUT2D eigenvalue weighted by Gasteiger charge is 2.11. The van der Waals surface area contributed by atoms with Crippen LogP contribution < -0.4 is 14.8 Å². The monoisotopic (exact) mass is 307 g/mol. The molecule has 1 N–H and O–H groups in total. The van der Waals surface area contributed by atoms with Gasteiger partial charge in [-0.3, -0.25) is 4.79 Å². The molecule has 7 heteroatoms. The number of nitrogens with one attached hydrogen (secondary N) is 1. The first-order chi connectivity index (χ1) is 10.5. The lowest BCUT2D eigenvalue weighted by Gasteiger charge is -2.10. The highest BCUT2D eigenvalue weighted by molar-refractivity contribution is 5.87. The summed E-state index contributed by atoms with van der Waals surface area (Å²) in [5.74, 6) is -0.889. The summed E-state index contributed by atoms with van der Waals surface area (Å²) >= 11 is 0. The van der Waals surface area contributed by atoms with Crippen LogP contribution in [0.2, 0.25) is 0 Å². The van der Waals surface area contributed by atoms with Crippen LogP contribution in [0, 0.1) is 0 Å². The molecule has 0 fully saturated rings. The molecule has 0 heterocycles. The van der Waals surface area contributed by atoms with Crippen molar-refractivity contribution >= 4 is 23.9 Å². The first-order valence-electron chi connectivity index (χ1n) is 6.35. The van der Waals surface area contributed by atoms with Gasteiger partial charge in [0, 0.05) is 13.0 Å². The lowest BCUT2D eigenvalue weighted by molar-refractivity contribution is -0.135. The van der Waals surface area contributed by atoms with Crippen molar-refractivity contribution in [3.8, 4) is 11.5 Å². The fourth-order valence-electron chi connectivity index (χ4n) is 1.46. The number of amides is 1. The second-order valence-electron chi connectivity index (χ2n) is 4.15. The van der Waals surface area contributed by atoms with Crippen LogP contribution in [-0.2, 0) is 19.1 Å². The molecule has 7 nitrogen and oxygen atoms in total. The van der Waals surface area contributed by atoms with E-state index in [0.29, 0.717) is 11.3 Å². The van der Waals surface area contributed by atoms with E-state index in [1.165, 1.54) is 39.4 Å². The molecule has 1 aromatic carbocycles. The van der Waals surface area contributed by atoms with Crippen molar-refractivity contribution in [3.63, 3.8) is 0 Å². The zero-order valence-electron chi connectivity index (χ0n) is 12.5. The van der Waals surface area contributed by atoms with E-state index in [0.717, 1.165) is 0 Å². The Labute approximate surface area is 127 Å². The molecule has 1 aromatic rings. The van der Waals surface area contributed by atoms with E-state index >= 15 is 0 Å². The molecule has 0 aliphatic carbocycles. The molecular formula is C15H17NO6. The second-order valence-corrected chi connectivity index (χ2v) is 4.15. The van der Waals surface area contributed by atoms with Crippen molar-refractivity contribution in [2.45, 2.75) is 6.92 Å². The summed E-state index contributed by atoms with van der Waals surface area (Å²) in [6, 6.07) is 4.77. The van der Waals surface area contributed by atoms with Crippen molar-refractivity contribution in [1.82, 2.24) is 5.32 Å². The fraction of sp³-hybridized carbons (Fsp3) is 0.267. The van der Waals surface area contributed by atoms with Crippen LogP contribution in [0.15, 0.2) is 24.3 Å². The van der Waals surface area contributed by atoms with Crippen molar-refractivity contribution in [2.24, 2.45) is 0 Å². The molecule has 118 valence electrons. The topological polar surface area (TPSA) is 90.9 Å². The van der Waals surface area contributed by atoms with E-state index in [4.69, 9.17) is 9.47 Å². The molecule has 0 spiro atoms. The van der Waals surface area contributed by atoms with Gasteiger partial charge in [0.05, 0.1) is 14.2 Å². The van der Waals surface area contributed by atoms with Crippen molar-refractivity contribution in [3.05, 3.63) is 29.8 Å². The Morgan fingerprint density at radius 1 is 1.18 bits per heavy atom. The highest BCUT2D eigenvalue weighted by atomic mass is 16.6. The van der Waals surface area contributed by atoms with Gasteiger partial charge >= 0.3 is 11.9 Å². The minimum Gasteiger partial charge on any atom is -0.493 e. The number of hydrogen-bond donors (Lipinski definition) is 1. The first kappa shape index (κ1) is 17.2. The molecule has 0 aliphatic heterocycles. The van der Waals surface area contributed by atoms with Crippen LogP contribution in [-0.4, -0.2) is 38.6 Å². The molecule has 22 heavy (non-hydrogen) atoms. The largest absolute Gasteiger partial charge is 0.493 e. The second kappa shape index (κ2) is 8.46. The zero-order chi connectivity index (χ0) is 16.5. The van der Waals surface area contributed by atoms with Crippen LogP contribution >= 0.6 is 0 Å². The number of hydrogen-bond acceptors (Lipinski definition) is 6. The summed E-state index contributed by atoms with van der Waals surface area (Å²) < 4.78 is 14.7. The van der Waals surface area contributed by atoms with E-state index < -0.39 is 11.9 Å². The zero-order valence-corrected chi connectivity index (χ0v) is 12.5. The molecule has 0 unspecified atom stereocenters. The Balaban J connectivity index is 2.80. The average molecular weight is 307 g/mol. The summed E-state index contributed by atoms with van der Waals surface area (Å²) in [5.41, 5.74) is 0.670. The summed E-state index contributed by atoms with van der Waals surface area (Å²) in [7, 11) is 2.71. The van der Waals surface area contributed by atoms with Gasteiger partial charge in [-0.05, 0) is 23.8 Å². The molecular weight excluding hydrogens is 290 g/mol. The lowest BCUT2D eigenvalue weighted by Crippen LogP contribution is -2.30. The summed E-state index contributed by atoms with van der Waals surface area (Å²) in [4.78, 5) is 33.3. The van der Waals surface area contributed by atoms with Gasteiger partial charge in [-0.25, -0.2) is 9.59 Å². The van der Waals surface area contributed by atoms with Gasteiger partial charge in [-0.1, -0.05) is 6.07 Å². The number of rotatable bonds is 6. The van der Waals surface area contributed by atoms with Crippen LogP contribution in [0.3, 0.4) is 0 Å². The molecule has 0 radical (unpaired) electrons. The Morgan fingerprint density at radius 2 is 1.91 bits per heavy atom. The summed E-state index contributed by atoms with van der Waals surface area (Å²) in [6.07, 6.45) is 2.80. The molecule has 0 saturated carbocycles. The third-order valence-electron chi connectivity index (χ3n) is 2.51. The SMILES string of the molecule is COC(=O)C=Cc1ccc(OC(=O)CNC(C)=O)c(OC)c1. The highest BCUT2D eigenvalue weighted by Crippen LogP contribution is 2.28. The maximum atomic E-state index is 11.6. The van der Waals surface area contributed by atoms with E-state index in [1.54, 1.807) is 12.1 Å². The molecule has 0 aliphatic rings. The number of ether oxygens (including phenoxy) is 3. The van der Waals surface area contributed by atoms with E-state index in [9.17, 15) is 14.4 Å².